The third-order valence-corrected chi connectivity index (χ3v) is 5.64. The number of anilines is 2. The van der Waals surface area contributed by atoms with Gasteiger partial charge in [0.15, 0.2) is 5.82 Å². The zero-order valence-corrected chi connectivity index (χ0v) is 16.1. The lowest BCUT2D eigenvalue weighted by molar-refractivity contribution is -0.136. The van der Waals surface area contributed by atoms with Gasteiger partial charge in [0.25, 0.3) is 0 Å². The van der Waals surface area contributed by atoms with Crippen LogP contribution in [0.2, 0.25) is 0 Å². The predicted octanol–water partition coefficient (Wildman–Crippen LogP) is 1.45. The van der Waals surface area contributed by atoms with Gasteiger partial charge in [0.1, 0.15) is 12.1 Å². The Morgan fingerprint density at radius 2 is 1.66 bits per heavy atom. The molecule has 0 atom stereocenters. The molecule has 0 N–H and O–H groups in total. The third-order valence-electron chi connectivity index (χ3n) is 5.64. The topological polar surface area (TPSA) is 70.4 Å². The van der Waals surface area contributed by atoms with Gasteiger partial charge in [-0.25, -0.2) is 14.6 Å². The van der Waals surface area contributed by atoms with E-state index in [1.54, 1.807) is 17.2 Å². The molecule has 0 aliphatic carbocycles. The molecule has 5 rings (SSSR count). The normalized spacial score (nSPS) is 17.3. The minimum absolute atomic E-state index is 0.0430. The number of para-hydroxylation sites is 1. The number of nitrogens with zero attached hydrogens (tertiary/aromatic N) is 7. The largest absolute Gasteiger partial charge is 0.368 e. The molecule has 2 saturated heterocycles. The predicted molar refractivity (Wildman–Crippen MR) is 110 cm³/mol. The third kappa shape index (κ3) is 3.53. The average Bonchev–Trinajstić information content (AvgIpc) is 3.29. The first-order valence-corrected chi connectivity index (χ1v) is 9.94. The van der Waals surface area contributed by atoms with Gasteiger partial charge in [-0.1, -0.05) is 18.2 Å². The number of hydrogen-bond donors (Lipinski definition) is 0. The number of aromatic nitrogens is 4. The molecule has 0 saturated carbocycles. The first-order valence-electron chi connectivity index (χ1n) is 9.94. The van der Waals surface area contributed by atoms with Gasteiger partial charge >= 0.3 is 0 Å². The zero-order valence-electron chi connectivity index (χ0n) is 16.1. The van der Waals surface area contributed by atoms with E-state index in [4.69, 9.17) is 0 Å². The van der Waals surface area contributed by atoms with Gasteiger partial charge in [-0.05, 0) is 18.2 Å². The van der Waals surface area contributed by atoms with Crippen molar-refractivity contribution in [1.29, 1.82) is 0 Å². The molecule has 148 valence electrons. The second-order valence-corrected chi connectivity index (χ2v) is 7.43. The number of amides is 1. The minimum Gasteiger partial charge on any atom is -0.368 e. The van der Waals surface area contributed by atoms with Gasteiger partial charge in [-0.3, -0.25) is 4.79 Å². The summed E-state index contributed by atoms with van der Waals surface area (Å²) in [6.07, 6.45) is 5.12. The summed E-state index contributed by atoms with van der Waals surface area (Å²) in [5.41, 5.74) is 1.23. The number of piperazine rings is 1. The van der Waals surface area contributed by atoms with E-state index in [1.807, 2.05) is 29.3 Å². The Balaban J connectivity index is 1.16. The fourth-order valence-corrected chi connectivity index (χ4v) is 3.94. The Kier molecular flexibility index (Phi) is 4.59. The van der Waals surface area contributed by atoms with E-state index in [2.05, 4.69) is 49.1 Å². The van der Waals surface area contributed by atoms with Gasteiger partial charge < -0.3 is 14.7 Å². The highest BCUT2D eigenvalue weighted by Crippen LogP contribution is 2.26. The van der Waals surface area contributed by atoms with Crippen LogP contribution in [0.25, 0.3) is 5.82 Å². The molecule has 1 amide bonds. The highest BCUT2D eigenvalue weighted by molar-refractivity contribution is 5.82. The summed E-state index contributed by atoms with van der Waals surface area (Å²) in [5.74, 6) is 1.87. The average molecular weight is 389 g/mol. The molecule has 0 radical (unpaired) electrons. The van der Waals surface area contributed by atoms with Crippen molar-refractivity contribution < 1.29 is 4.79 Å². The number of benzene rings is 1. The molecular formula is C21H23N7O. The summed E-state index contributed by atoms with van der Waals surface area (Å²) >= 11 is 0. The first-order chi connectivity index (χ1) is 14.3. The molecule has 0 bridgehead atoms. The molecule has 29 heavy (non-hydrogen) atoms. The summed E-state index contributed by atoms with van der Waals surface area (Å²) in [7, 11) is 0. The lowest BCUT2D eigenvalue weighted by Crippen LogP contribution is -2.58. The van der Waals surface area contributed by atoms with Crippen LogP contribution in [0.15, 0.2) is 61.2 Å². The van der Waals surface area contributed by atoms with Crippen LogP contribution in [0, 0.1) is 5.92 Å². The highest BCUT2D eigenvalue weighted by atomic mass is 16.2. The number of carbonyl (C=O) groups is 1. The molecule has 2 aromatic heterocycles. The van der Waals surface area contributed by atoms with Crippen LogP contribution < -0.4 is 9.80 Å². The maximum absolute atomic E-state index is 12.9. The van der Waals surface area contributed by atoms with Gasteiger partial charge in [-0.2, -0.15) is 5.10 Å². The fourth-order valence-electron chi connectivity index (χ4n) is 3.94. The van der Waals surface area contributed by atoms with Crippen molar-refractivity contribution in [3.8, 4) is 5.82 Å². The van der Waals surface area contributed by atoms with Crippen LogP contribution in [0.3, 0.4) is 0 Å². The standard InChI is InChI=1S/C21H23N7O/c29-21(26-11-9-25(10-12-26)18-5-2-1-3-6-18)17-14-27(15-17)19-13-20(23-16-22-19)28-8-4-7-24-28/h1-8,13,16-17H,9-12,14-15H2. The van der Waals surface area contributed by atoms with Crippen molar-refractivity contribution in [2.45, 2.75) is 0 Å². The second kappa shape index (κ2) is 7.54. The van der Waals surface area contributed by atoms with Crippen LogP contribution in [-0.2, 0) is 4.79 Å². The quantitative estimate of drug-likeness (QED) is 0.673. The summed E-state index contributed by atoms with van der Waals surface area (Å²) in [6, 6.07) is 14.2. The van der Waals surface area contributed by atoms with E-state index in [-0.39, 0.29) is 11.8 Å². The minimum atomic E-state index is 0.0430. The maximum Gasteiger partial charge on any atom is 0.229 e. The van der Waals surface area contributed by atoms with Gasteiger partial charge in [0, 0.05) is 63.4 Å². The molecule has 8 nitrogen and oxygen atoms in total. The second-order valence-electron chi connectivity index (χ2n) is 7.43. The Morgan fingerprint density at radius 3 is 2.38 bits per heavy atom. The number of carbonyl (C=O) groups excluding carboxylic acids is 1. The van der Waals surface area contributed by atoms with Gasteiger partial charge in [0.2, 0.25) is 5.91 Å². The number of rotatable bonds is 4. The molecule has 0 spiro atoms. The van der Waals surface area contributed by atoms with Crippen LogP contribution in [-0.4, -0.2) is 69.8 Å². The Labute approximate surface area is 169 Å². The highest BCUT2D eigenvalue weighted by Gasteiger charge is 2.37. The molecule has 2 fully saturated rings. The summed E-state index contributed by atoms with van der Waals surface area (Å²) in [5, 5.41) is 4.21. The van der Waals surface area contributed by atoms with E-state index in [0.29, 0.717) is 13.1 Å². The first kappa shape index (κ1) is 17.7. The van der Waals surface area contributed by atoms with Crippen LogP contribution in [0.1, 0.15) is 0 Å². The van der Waals surface area contributed by atoms with Crippen molar-refractivity contribution in [2.75, 3.05) is 49.1 Å². The van der Waals surface area contributed by atoms with E-state index in [1.165, 1.54) is 5.69 Å². The van der Waals surface area contributed by atoms with Crippen molar-refractivity contribution in [3.05, 3.63) is 61.2 Å². The van der Waals surface area contributed by atoms with E-state index >= 15 is 0 Å². The Morgan fingerprint density at radius 1 is 0.897 bits per heavy atom. The van der Waals surface area contributed by atoms with Crippen molar-refractivity contribution in [1.82, 2.24) is 24.6 Å². The maximum atomic E-state index is 12.9. The van der Waals surface area contributed by atoms with Gasteiger partial charge in [-0.15, -0.1) is 0 Å². The van der Waals surface area contributed by atoms with Gasteiger partial charge in [0.05, 0.1) is 5.92 Å². The van der Waals surface area contributed by atoms with Crippen molar-refractivity contribution >= 4 is 17.4 Å². The molecule has 0 unspecified atom stereocenters. The van der Waals surface area contributed by atoms with E-state index in [9.17, 15) is 4.79 Å². The molecule has 3 aromatic rings. The monoisotopic (exact) mass is 389 g/mol. The smallest absolute Gasteiger partial charge is 0.229 e. The molecular weight excluding hydrogens is 366 g/mol. The Bertz CT molecular complexity index is 962. The summed E-state index contributed by atoms with van der Waals surface area (Å²) < 4.78 is 1.71. The summed E-state index contributed by atoms with van der Waals surface area (Å²) in [6.45, 7) is 4.72. The molecule has 8 heteroatoms. The zero-order chi connectivity index (χ0) is 19.6. The van der Waals surface area contributed by atoms with Crippen molar-refractivity contribution in [3.63, 3.8) is 0 Å². The molecule has 2 aliphatic heterocycles. The molecule has 4 heterocycles. The number of hydrogen-bond acceptors (Lipinski definition) is 6. The Hall–Kier alpha value is -3.42. The van der Waals surface area contributed by atoms with Crippen LogP contribution in [0.4, 0.5) is 11.5 Å². The lowest BCUT2D eigenvalue weighted by atomic mass is 9.98. The van der Waals surface area contributed by atoms with Crippen LogP contribution >= 0.6 is 0 Å². The molecule has 2 aliphatic rings. The van der Waals surface area contributed by atoms with Crippen molar-refractivity contribution in [2.24, 2.45) is 5.92 Å². The SMILES string of the molecule is O=C(C1CN(c2cc(-n3cccn3)ncn2)C1)N1CCN(c2ccccc2)CC1. The molecule has 1 aromatic carbocycles. The fraction of sp³-hybridized carbons (Fsp3) is 0.333. The lowest BCUT2D eigenvalue weighted by Gasteiger charge is -2.43. The van der Waals surface area contributed by atoms with E-state index in [0.717, 1.165) is 37.8 Å². The summed E-state index contributed by atoms with van der Waals surface area (Å²) in [4.78, 5) is 28.0. The van der Waals surface area contributed by atoms with E-state index < -0.39 is 0 Å². The van der Waals surface area contributed by atoms with Crippen LogP contribution in [0.5, 0.6) is 0 Å².